The number of nitrogens with one attached hydrogen (secondary N) is 1. The van der Waals surface area contributed by atoms with Crippen molar-refractivity contribution in [2.75, 3.05) is 11.9 Å². The summed E-state index contributed by atoms with van der Waals surface area (Å²) in [6.45, 7) is 0.777. The summed E-state index contributed by atoms with van der Waals surface area (Å²) < 4.78 is 6.90. The molecule has 0 spiro atoms. The maximum Gasteiger partial charge on any atom is 0.255 e. The van der Waals surface area contributed by atoms with Crippen LogP contribution in [0.1, 0.15) is 48.9 Å². The Morgan fingerprint density at radius 3 is 2.56 bits per heavy atom. The number of carbonyl (C=O) groups excluding carboxylic acids is 1. The molecular formula is C21H24INO2. The van der Waals surface area contributed by atoms with Crippen LogP contribution in [-0.2, 0) is 0 Å². The molecule has 0 heterocycles. The highest BCUT2D eigenvalue weighted by molar-refractivity contribution is 14.1. The molecule has 0 unspecified atom stereocenters. The van der Waals surface area contributed by atoms with Gasteiger partial charge >= 0.3 is 0 Å². The number of rotatable bonds is 6. The van der Waals surface area contributed by atoms with Gasteiger partial charge in [-0.2, -0.15) is 0 Å². The number of hydrogen-bond acceptors (Lipinski definition) is 2. The molecule has 0 bridgehead atoms. The molecule has 0 atom stereocenters. The smallest absolute Gasteiger partial charge is 0.255 e. The maximum absolute atomic E-state index is 12.3. The highest BCUT2D eigenvalue weighted by Crippen LogP contribution is 2.26. The molecule has 3 nitrogen and oxygen atoms in total. The Morgan fingerprint density at radius 2 is 1.84 bits per heavy atom. The van der Waals surface area contributed by atoms with Gasteiger partial charge in [-0.15, -0.1) is 0 Å². The zero-order valence-corrected chi connectivity index (χ0v) is 16.5. The van der Waals surface area contributed by atoms with Gasteiger partial charge < -0.3 is 10.1 Å². The molecule has 25 heavy (non-hydrogen) atoms. The topological polar surface area (TPSA) is 38.3 Å². The maximum atomic E-state index is 12.3. The molecular weight excluding hydrogens is 425 g/mol. The third-order valence-electron chi connectivity index (χ3n) is 4.72. The van der Waals surface area contributed by atoms with Crippen LogP contribution >= 0.6 is 22.6 Å². The molecule has 0 aromatic heterocycles. The molecule has 0 saturated heterocycles. The third kappa shape index (κ3) is 5.73. The van der Waals surface area contributed by atoms with E-state index in [2.05, 4.69) is 27.9 Å². The summed E-state index contributed by atoms with van der Waals surface area (Å²) in [6, 6.07) is 15.2. The Kier molecular flexibility index (Phi) is 6.73. The highest BCUT2D eigenvalue weighted by atomic mass is 127. The van der Waals surface area contributed by atoms with Gasteiger partial charge in [-0.05, 0) is 77.4 Å². The molecule has 0 radical (unpaired) electrons. The van der Waals surface area contributed by atoms with Gasteiger partial charge in [0, 0.05) is 14.8 Å². The van der Waals surface area contributed by atoms with Gasteiger partial charge in [0.15, 0.2) is 0 Å². The Bertz CT molecular complexity index is 693. The Hall–Kier alpha value is -1.56. The zero-order chi connectivity index (χ0) is 17.5. The van der Waals surface area contributed by atoms with Crippen LogP contribution in [0.5, 0.6) is 5.75 Å². The van der Waals surface area contributed by atoms with Crippen LogP contribution in [0.15, 0.2) is 48.5 Å². The van der Waals surface area contributed by atoms with E-state index in [1.807, 2.05) is 48.5 Å². The number of amides is 1. The Morgan fingerprint density at radius 1 is 1.08 bits per heavy atom. The second-order valence-electron chi connectivity index (χ2n) is 6.63. The number of ether oxygens (including phenoxy) is 1. The first kappa shape index (κ1) is 18.2. The molecule has 132 valence electrons. The van der Waals surface area contributed by atoms with Crippen molar-refractivity contribution in [3.8, 4) is 5.75 Å². The molecule has 2 aromatic carbocycles. The number of benzene rings is 2. The fourth-order valence-corrected chi connectivity index (χ4v) is 3.83. The lowest BCUT2D eigenvalue weighted by Crippen LogP contribution is -2.12. The minimum atomic E-state index is -0.0931. The van der Waals surface area contributed by atoms with E-state index < -0.39 is 0 Å². The molecule has 1 N–H and O–H groups in total. The van der Waals surface area contributed by atoms with Crippen molar-refractivity contribution in [2.45, 2.75) is 38.5 Å². The molecule has 1 saturated carbocycles. The summed E-state index contributed by atoms with van der Waals surface area (Å²) in [4.78, 5) is 12.3. The van der Waals surface area contributed by atoms with E-state index in [0.29, 0.717) is 5.56 Å². The minimum Gasteiger partial charge on any atom is -0.494 e. The van der Waals surface area contributed by atoms with Crippen LogP contribution < -0.4 is 10.1 Å². The van der Waals surface area contributed by atoms with E-state index in [1.165, 1.54) is 32.1 Å². The predicted octanol–water partition coefficient (Wildman–Crippen LogP) is 5.89. The molecule has 1 fully saturated rings. The molecule has 1 aliphatic carbocycles. The van der Waals surface area contributed by atoms with Crippen molar-refractivity contribution >= 4 is 34.2 Å². The highest BCUT2D eigenvalue weighted by Gasteiger charge is 2.13. The third-order valence-corrected chi connectivity index (χ3v) is 5.39. The Balaban J connectivity index is 1.47. The lowest BCUT2D eigenvalue weighted by Gasteiger charge is -2.21. The minimum absolute atomic E-state index is 0.0931. The average molecular weight is 449 g/mol. The first-order valence-electron chi connectivity index (χ1n) is 9.00. The van der Waals surface area contributed by atoms with Crippen LogP contribution in [0.25, 0.3) is 0 Å². The summed E-state index contributed by atoms with van der Waals surface area (Å²) in [5.74, 6) is 1.61. The summed E-state index contributed by atoms with van der Waals surface area (Å²) in [7, 11) is 0. The van der Waals surface area contributed by atoms with Crippen molar-refractivity contribution in [2.24, 2.45) is 5.92 Å². The van der Waals surface area contributed by atoms with E-state index in [1.54, 1.807) is 0 Å². The lowest BCUT2D eigenvalue weighted by molar-refractivity contribution is 0.102. The SMILES string of the molecule is O=C(Nc1ccc(OCCC2CCCCC2)cc1)c1cccc(I)c1. The fraction of sp³-hybridized carbons (Fsp3) is 0.381. The second-order valence-corrected chi connectivity index (χ2v) is 7.88. The van der Waals surface area contributed by atoms with E-state index in [4.69, 9.17) is 4.74 Å². The fourth-order valence-electron chi connectivity index (χ4n) is 3.29. The van der Waals surface area contributed by atoms with E-state index in [0.717, 1.165) is 34.0 Å². The van der Waals surface area contributed by atoms with Crippen molar-refractivity contribution < 1.29 is 9.53 Å². The predicted molar refractivity (Wildman–Crippen MR) is 110 cm³/mol. The number of carbonyl (C=O) groups is 1. The largest absolute Gasteiger partial charge is 0.494 e. The monoisotopic (exact) mass is 449 g/mol. The summed E-state index contributed by atoms with van der Waals surface area (Å²) in [5.41, 5.74) is 1.45. The van der Waals surface area contributed by atoms with E-state index in [9.17, 15) is 4.79 Å². The van der Waals surface area contributed by atoms with Gasteiger partial charge in [0.25, 0.3) is 5.91 Å². The first-order valence-corrected chi connectivity index (χ1v) is 10.1. The molecule has 1 aliphatic rings. The van der Waals surface area contributed by atoms with Crippen molar-refractivity contribution in [1.82, 2.24) is 0 Å². The van der Waals surface area contributed by atoms with Crippen molar-refractivity contribution in [3.63, 3.8) is 0 Å². The van der Waals surface area contributed by atoms with Crippen molar-refractivity contribution in [1.29, 1.82) is 0 Å². The molecule has 4 heteroatoms. The summed E-state index contributed by atoms with van der Waals surface area (Å²) in [5, 5.41) is 2.92. The van der Waals surface area contributed by atoms with Gasteiger partial charge in [0.1, 0.15) is 5.75 Å². The molecule has 1 amide bonds. The Labute approximate surface area is 163 Å². The average Bonchev–Trinajstić information content (AvgIpc) is 2.64. The first-order chi connectivity index (χ1) is 12.2. The van der Waals surface area contributed by atoms with Crippen LogP contribution in [0.2, 0.25) is 0 Å². The van der Waals surface area contributed by atoms with Gasteiger partial charge in [0.2, 0.25) is 0 Å². The molecule has 3 rings (SSSR count). The molecule has 0 aliphatic heterocycles. The normalized spacial score (nSPS) is 14.9. The van der Waals surface area contributed by atoms with Crippen LogP contribution in [0, 0.1) is 9.49 Å². The van der Waals surface area contributed by atoms with Gasteiger partial charge in [0.05, 0.1) is 6.61 Å². The van der Waals surface area contributed by atoms with Crippen LogP contribution in [0.4, 0.5) is 5.69 Å². The number of halogens is 1. The zero-order valence-electron chi connectivity index (χ0n) is 14.3. The van der Waals surface area contributed by atoms with Crippen LogP contribution in [0.3, 0.4) is 0 Å². The number of anilines is 1. The lowest BCUT2D eigenvalue weighted by atomic mass is 9.87. The van der Waals surface area contributed by atoms with E-state index >= 15 is 0 Å². The molecule has 2 aromatic rings. The van der Waals surface area contributed by atoms with E-state index in [-0.39, 0.29) is 5.91 Å². The number of hydrogen-bond donors (Lipinski definition) is 1. The second kappa shape index (κ2) is 9.22. The van der Waals surface area contributed by atoms with Crippen molar-refractivity contribution in [3.05, 3.63) is 57.7 Å². The van der Waals surface area contributed by atoms with Crippen LogP contribution in [-0.4, -0.2) is 12.5 Å². The standard InChI is InChI=1S/C21H24INO2/c22-18-8-4-7-17(15-18)21(24)23-19-9-11-20(12-10-19)25-14-13-16-5-2-1-3-6-16/h4,7-12,15-16H,1-3,5-6,13-14H2,(H,23,24). The van der Waals surface area contributed by atoms with Gasteiger partial charge in [-0.1, -0.05) is 38.2 Å². The summed E-state index contributed by atoms with van der Waals surface area (Å²) >= 11 is 2.21. The van der Waals surface area contributed by atoms with Gasteiger partial charge in [-0.3, -0.25) is 4.79 Å². The van der Waals surface area contributed by atoms with Gasteiger partial charge in [-0.25, -0.2) is 0 Å². The quantitative estimate of drug-likeness (QED) is 0.559. The summed E-state index contributed by atoms with van der Waals surface area (Å²) in [6.07, 6.45) is 8.00.